The zero-order valence-corrected chi connectivity index (χ0v) is 37.9. The number of rotatable bonds is 15. The average Bonchev–Trinajstić information content (AvgIpc) is 3.62. The molecule has 6 rings (SSSR count). The van der Waals surface area contributed by atoms with Gasteiger partial charge in [0.25, 0.3) is 11.8 Å². The van der Waals surface area contributed by atoms with E-state index in [1.54, 1.807) is 23.1 Å². The van der Waals surface area contributed by atoms with Crippen molar-refractivity contribution in [3.8, 4) is 22.5 Å². The van der Waals surface area contributed by atoms with Crippen LogP contribution in [0.1, 0.15) is 76.2 Å². The molecule has 312 valence electrons. The van der Waals surface area contributed by atoms with Crippen molar-refractivity contribution in [2.45, 2.75) is 76.5 Å². The number of nitrogens with zero attached hydrogens (tertiary/aromatic N) is 3. The van der Waals surface area contributed by atoms with Crippen molar-refractivity contribution in [3.63, 3.8) is 0 Å². The molecule has 1 saturated heterocycles. The number of carbonyl (C=O) groups is 3. The van der Waals surface area contributed by atoms with Gasteiger partial charge in [0.15, 0.2) is 0 Å². The molecular weight excluding hydrogens is 822 g/mol. The Hall–Kier alpha value is -4.42. The van der Waals surface area contributed by atoms with Gasteiger partial charge in [0, 0.05) is 65.6 Å². The van der Waals surface area contributed by atoms with E-state index < -0.39 is 54.1 Å². The van der Waals surface area contributed by atoms with Gasteiger partial charge in [0.2, 0.25) is 5.36 Å². The molecule has 1 atom stereocenters. The van der Waals surface area contributed by atoms with Gasteiger partial charge in [-0.1, -0.05) is 36.4 Å². The van der Waals surface area contributed by atoms with Crippen molar-refractivity contribution in [2.24, 2.45) is 0 Å². The number of hydroxylamine groups is 2. The molecule has 4 aliphatic rings. The number of fused-ring (bicyclic) bond motifs is 2. The summed E-state index contributed by atoms with van der Waals surface area (Å²) in [6, 6.07) is 20.0. The third kappa shape index (κ3) is 10.2. The molecule has 0 N–H and O–H groups in total. The Labute approximate surface area is 372 Å². The van der Waals surface area contributed by atoms with Gasteiger partial charge in [-0.3, -0.25) is 9.59 Å². The molecule has 3 aliphatic heterocycles. The summed E-state index contributed by atoms with van der Waals surface area (Å²) in [5.41, 5.74) is 4.17. The summed E-state index contributed by atoms with van der Waals surface area (Å²) in [6.07, 6.45) is 5.26. The van der Waals surface area contributed by atoms with Crippen LogP contribution in [-0.2, 0) is 44.9 Å². The maximum absolute atomic E-state index is 12.8. The molecule has 0 aromatic heterocycles. The fourth-order valence-corrected chi connectivity index (χ4v) is 8.93. The molecule has 1 aliphatic carbocycles. The summed E-state index contributed by atoms with van der Waals surface area (Å²) in [6.45, 7) is 9.59. The van der Waals surface area contributed by atoms with Crippen molar-refractivity contribution >= 4 is 49.8 Å². The van der Waals surface area contributed by atoms with Gasteiger partial charge < -0.3 is 23.3 Å². The van der Waals surface area contributed by atoms with Crippen LogP contribution in [0.15, 0.2) is 93.9 Å². The van der Waals surface area contributed by atoms with E-state index in [1.165, 1.54) is 18.2 Å². The van der Waals surface area contributed by atoms with Crippen LogP contribution in [-0.4, -0.2) is 74.2 Å². The third-order valence-electron chi connectivity index (χ3n) is 10.9. The van der Waals surface area contributed by atoms with Crippen molar-refractivity contribution < 1.29 is 79.1 Å². The standard InChI is InChI=1S/C43H47N3O11S2.Na/c1-5-44(6-2)31-18-20-33-37(27-31)56-36(29(3)42(33)30-13-8-7-9-14-30)15-10-16-38-43(4,24-11-17-41(49)57-46-39(47)22-23-40(46)48)34-28-32(59(53,54)55)19-21-35(34)45(38)25-12-26-58(50,51)52;/h7-10,13-16,18-21,27-28H,5-6,11-12,17,22-26H2,1-4H3,(H-,50,51,52,53,54,55);/q;+1/p-1. The second-order valence-corrected chi connectivity index (χ2v) is 17.6. The fourth-order valence-electron chi connectivity index (χ4n) is 7.95. The van der Waals surface area contributed by atoms with Gasteiger partial charge in [-0.2, -0.15) is 0 Å². The maximum atomic E-state index is 12.8. The number of hydrogen-bond donors (Lipinski definition) is 0. The van der Waals surface area contributed by atoms with Gasteiger partial charge in [-0.15, -0.1) is 5.06 Å². The molecule has 17 heteroatoms. The normalized spacial score (nSPS) is 17.5. The molecule has 0 saturated carbocycles. The molecule has 1 fully saturated rings. The maximum Gasteiger partial charge on any atom is 1.00 e. The van der Waals surface area contributed by atoms with Crippen LogP contribution in [0.4, 0.5) is 5.69 Å². The smallest absolute Gasteiger partial charge is 0.748 e. The predicted octanol–water partition coefficient (Wildman–Crippen LogP) is 2.47. The van der Waals surface area contributed by atoms with Gasteiger partial charge in [-0.25, -0.2) is 26.2 Å². The van der Waals surface area contributed by atoms with Crippen LogP contribution in [0.2, 0.25) is 0 Å². The first kappa shape index (κ1) is 46.6. The fraction of sp³-hybridized carbons (Fsp3) is 0.349. The molecule has 3 heterocycles. The average molecular weight is 868 g/mol. The van der Waals surface area contributed by atoms with Crippen molar-refractivity contribution in [1.29, 1.82) is 0 Å². The van der Waals surface area contributed by atoms with Crippen molar-refractivity contribution in [1.82, 2.24) is 9.64 Å². The first-order chi connectivity index (χ1) is 27.9. The quantitative estimate of drug-likeness (QED) is 0.0734. The Bertz CT molecular complexity index is 2600. The number of amides is 2. The van der Waals surface area contributed by atoms with E-state index in [0.29, 0.717) is 33.5 Å². The van der Waals surface area contributed by atoms with E-state index in [4.69, 9.17) is 9.25 Å². The first-order valence-corrected chi connectivity index (χ1v) is 22.4. The number of benzene rings is 3. The molecular formula is C43H46N3NaO11S2. The number of hydrogen-bond acceptors (Lipinski definition) is 12. The number of allylic oxidation sites excluding steroid dienone is 3. The Morgan fingerprint density at radius 3 is 2.27 bits per heavy atom. The zero-order chi connectivity index (χ0) is 42.7. The van der Waals surface area contributed by atoms with E-state index in [9.17, 15) is 40.3 Å². The summed E-state index contributed by atoms with van der Waals surface area (Å²) in [5, 5.41) is 1.47. The number of carbonyl (C=O) groups excluding carboxylic acids is 3. The largest absolute Gasteiger partial charge is 1.00 e. The molecule has 0 bridgehead atoms. The van der Waals surface area contributed by atoms with Crippen molar-refractivity contribution in [2.75, 3.05) is 30.3 Å². The second kappa shape index (κ2) is 19.1. The molecule has 2 aromatic carbocycles. The van der Waals surface area contributed by atoms with Crippen LogP contribution in [0.5, 0.6) is 0 Å². The molecule has 0 radical (unpaired) electrons. The second-order valence-electron chi connectivity index (χ2n) is 14.7. The Morgan fingerprint density at radius 2 is 1.63 bits per heavy atom. The van der Waals surface area contributed by atoms with E-state index in [-0.39, 0.29) is 74.6 Å². The van der Waals surface area contributed by atoms with Crippen LogP contribution in [0, 0.1) is 6.92 Å². The Morgan fingerprint density at radius 1 is 0.950 bits per heavy atom. The van der Waals surface area contributed by atoms with E-state index in [2.05, 4.69) is 30.6 Å². The molecule has 2 amide bonds. The van der Waals surface area contributed by atoms with Gasteiger partial charge in [0.1, 0.15) is 34.7 Å². The van der Waals surface area contributed by atoms with Crippen LogP contribution < -0.4 is 44.4 Å². The monoisotopic (exact) mass is 867 g/mol. The molecule has 2 aromatic rings. The summed E-state index contributed by atoms with van der Waals surface area (Å²) >= 11 is 0. The van der Waals surface area contributed by atoms with Gasteiger partial charge in [0.05, 0.1) is 21.1 Å². The first-order valence-electron chi connectivity index (χ1n) is 19.4. The van der Waals surface area contributed by atoms with Crippen molar-refractivity contribution in [3.05, 3.63) is 107 Å². The topological polar surface area (TPSA) is 197 Å². The summed E-state index contributed by atoms with van der Waals surface area (Å²) in [5.74, 6) is -1.49. The Kier molecular flexibility index (Phi) is 14.8. The predicted molar refractivity (Wildman–Crippen MR) is 218 cm³/mol. The van der Waals surface area contributed by atoms with Gasteiger partial charge >= 0.3 is 35.5 Å². The van der Waals surface area contributed by atoms with E-state index in [0.717, 1.165) is 40.7 Å². The molecule has 14 nitrogen and oxygen atoms in total. The minimum Gasteiger partial charge on any atom is -0.748 e. The third-order valence-corrected chi connectivity index (χ3v) is 12.5. The number of imide groups is 1. The molecule has 60 heavy (non-hydrogen) atoms. The van der Waals surface area contributed by atoms with Gasteiger partial charge in [-0.05, 0) is 100 Å². The van der Waals surface area contributed by atoms with E-state index >= 15 is 0 Å². The van der Waals surface area contributed by atoms with E-state index in [1.807, 2.05) is 50.2 Å². The Balaban J connectivity index is 0.00000683. The summed E-state index contributed by atoms with van der Waals surface area (Å²) in [4.78, 5) is 43.3. The summed E-state index contributed by atoms with van der Waals surface area (Å²) in [7, 11) is -9.47. The zero-order valence-electron chi connectivity index (χ0n) is 34.3. The minimum absolute atomic E-state index is 0. The minimum atomic E-state index is -4.90. The van der Waals surface area contributed by atoms with Crippen LogP contribution in [0.3, 0.4) is 0 Å². The van der Waals surface area contributed by atoms with Crippen LogP contribution >= 0.6 is 0 Å². The molecule has 1 unspecified atom stereocenters. The number of anilines is 1. The van der Waals surface area contributed by atoms with Crippen LogP contribution in [0.25, 0.3) is 28.5 Å². The SMILES string of the molecule is CC[N+](CC)=c1ccc2c(-c3ccccc3)c(C)c(/C=C/C=C3\N(CCCS(=O)(=O)[O-])c4ccc(S(=O)(=O)[O-])cc4C3(C)CCCC(=O)ON3C(=O)CCC3=O)oc-2c1.[Na+]. The molecule has 0 spiro atoms. The summed E-state index contributed by atoms with van der Waals surface area (Å²) < 4.78 is 80.6.